The van der Waals surface area contributed by atoms with Gasteiger partial charge in [0.25, 0.3) is 5.91 Å². The fourth-order valence-electron chi connectivity index (χ4n) is 3.49. The summed E-state index contributed by atoms with van der Waals surface area (Å²) in [6.07, 6.45) is 1.75. The van der Waals surface area contributed by atoms with Crippen LogP contribution in [0.3, 0.4) is 0 Å². The molecule has 3 aromatic rings. The van der Waals surface area contributed by atoms with Gasteiger partial charge in [-0.25, -0.2) is 9.79 Å². The van der Waals surface area contributed by atoms with Crippen LogP contribution in [0.15, 0.2) is 70.6 Å². The molecule has 0 saturated carbocycles. The number of hydrogen-bond acceptors (Lipinski definition) is 7. The zero-order valence-electron chi connectivity index (χ0n) is 19.8. The van der Waals surface area contributed by atoms with E-state index in [1.165, 1.54) is 35.9 Å². The molecule has 4 rings (SSSR count). The van der Waals surface area contributed by atoms with Gasteiger partial charge in [-0.3, -0.25) is 9.69 Å². The Hall–Kier alpha value is -3.82. The average Bonchev–Trinajstić information content (AvgIpc) is 3.15. The highest BCUT2D eigenvalue weighted by Crippen LogP contribution is 2.38. The minimum Gasteiger partial charge on any atom is -0.493 e. The monoisotopic (exact) mass is 625 g/mol. The molecular weight excluding hydrogens is 605 g/mol. The number of carboxylic acids is 1. The largest absolute Gasteiger partial charge is 0.493 e. The summed E-state index contributed by atoms with van der Waals surface area (Å²) >= 11 is 3.35. The van der Waals surface area contributed by atoms with Crippen molar-refractivity contribution < 1.29 is 24.2 Å². The van der Waals surface area contributed by atoms with Gasteiger partial charge in [0.15, 0.2) is 16.7 Å². The van der Waals surface area contributed by atoms with Crippen molar-refractivity contribution in [3.8, 4) is 17.6 Å². The van der Waals surface area contributed by atoms with Crippen molar-refractivity contribution in [3.05, 3.63) is 91.4 Å². The lowest BCUT2D eigenvalue weighted by molar-refractivity contribution is -0.121. The van der Waals surface area contributed by atoms with Crippen LogP contribution >= 0.6 is 34.4 Å². The molecule has 8 nitrogen and oxygen atoms in total. The van der Waals surface area contributed by atoms with Crippen molar-refractivity contribution in [3.63, 3.8) is 0 Å². The highest BCUT2D eigenvalue weighted by Gasteiger charge is 2.30. The van der Waals surface area contributed by atoms with Crippen LogP contribution in [0.1, 0.15) is 27.0 Å². The number of rotatable bonds is 7. The van der Waals surface area contributed by atoms with Crippen molar-refractivity contribution in [2.24, 2.45) is 4.99 Å². The fourth-order valence-corrected chi connectivity index (χ4v) is 5.26. The molecule has 1 N–H and O–H groups in total. The van der Waals surface area contributed by atoms with E-state index in [1.807, 2.05) is 18.2 Å². The lowest BCUT2D eigenvalue weighted by Gasteiger charge is -2.14. The predicted molar refractivity (Wildman–Crippen MR) is 150 cm³/mol. The Kier molecular flexibility index (Phi) is 8.15. The molecule has 1 amide bonds. The van der Waals surface area contributed by atoms with Crippen LogP contribution in [0.25, 0.3) is 6.08 Å². The Bertz CT molecular complexity index is 1500. The van der Waals surface area contributed by atoms with Gasteiger partial charge in [0.1, 0.15) is 6.61 Å². The highest BCUT2D eigenvalue weighted by molar-refractivity contribution is 14.1. The highest BCUT2D eigenvalue weighted by atomic mass is 127. The minimum atomic E-state index is -1.05. The third kappa shape index (κ3) is 5.95. The second-order valence-corrected chi connectivity index (χ2v) is 9.99. The first-order valence-corrected chi connectivity index (χ1v) is 12.8. The SMILES string of the molecule is COc1cc(/C=C2/SC(=Nc3cccc(C(=O)O)c3)N(C)C2=O)cc(I)c1OCc1ccccc1C#N. The number of likely N-dealkylation sites (N-methyl/N-ethyl adjacent to an activating group) is 1. The van der Waals surface area contributed by atoms with Crippen molar-refractivity contribution in [2.75, 3.05) is 14.2 Å². The Labute approximate surface area is 231 Å². The summed E-state index contributed by atoms with van der Waals surface area (Å²) in [5.74, 6) is -0.227. The molecule has 3 aromatic carbocycles. The van der Waals surface area contributed by atoms with E-state index in [4.69, 9.17) is 9.47 Å². The maximum atomic E-state index is 12.9. The third-order valence-corrected chi connectivity index (χ3v) is 7.24. The molecule has 0 aliphatic carbocycles. The molecule has 10 heteroatoms. The van der Waals surface area contributed by atoms with Crippen molar-refractivity contribution >= 4 is 63.2 Å². The minimum absolute atomic E-state index is 0.120. The van der Waals surface area contributed by atoms with Gasteiger partial charge < -0.3 is 14.6 Å². The number of amides is 1. The van der Waals surface area contributed by atoms with Gasteiger partial charge in [0.05, 0.1) is 38.5 Å². The van der Waals surface area contributed by atoms with Crippen LogP contribution in [0.2, 0.25) is 0 Å². The van der Waals surface area contributed by atoms with Crippen LogP contribution in [0.5, 0.6) is 11.5 Å². The summed E-state index contributed by atoms with van der Waals surface area (Å²) in [5.41, 5.74) is 2.62. The molecule has 1 aliphatic heterocycles. The second kappa shape index (κ2) is 11.5. The maximum Gasteiger partial charge on any atom is 0.335 e. The van der Waals surface area contributed by atoms with E-state index in [2.05, 4.69) is 33.7 Å². The van der Waals surface area contributed by atoms with Gasteiger partial charge in [-0.15, -0.1) is 0 Å². The lowest BCUT2D eigenvalue weighted by atomic mass is 10.1. The smallest absolute Gasteiger partial charge is 0.335 e. The normalized spacial score (nSPS) is 15.2. The van der Waals surface area contributed by atoms with E-state index in [0.29, 0.717) is 32.8 Å². The number of nitriles is 1. The van der Waals surface area contributed by atoms with E-state index in [1.54, 1.807) is 43.5 Å². The van der Waals surface area contributed by atoms with Gasteiger partial charge in [-0.05, 0) is 82.4 Å². The molecule has 186 valence electrons. The van der Waals surface area contributed by atoms with Gasteiger partial charge in [-0.1, -0.05) is 24.3 Å². The van der Waals surface area contributed by atoms with E-state index >= 15 is 0 Å². The number of carboxylic acid groups (broad SMARTS) is 1. The molecule has 0 spiro atoms. The van der Waals surface area contributed by atoms with Crippen molar-refractivity contribution in [1.82, 2.24) is 4.90 Å². The van der Waals surface area contributed by atoms with E-state index in [-0.39, 0.29) is 18.1 Å². The summed E-state index contributed by atoms with van der Waals surface area (Å²) in [6, 6.07) is 19.3. The van der Waals surface area contributed by atoms with Crippen molar-refractivity contribution in [1.29, 1.82) is 5.26 Å². The quantitative estimate of drug-likeness (QED) is 0.266. The number of nitrogens with zero attached hydrogens (tertiary/aromatic N) is 3. The zero-order chi connectivity index (χ0) is 26.5. The third-order valence-electron chi connectivity index (χ3n) is 5.38. The molecule has 1 heterocycles. The van der Waals surface area contributed by atoms with Gasteiger partial charge in [0.2, 0.25) is 0 Å². The number of aromatic carboxylic acids is 1. The molecule has 37 heavy (non-hydrogen) atoms. The maximum absolute atomic E-state index is 12.9. The Morgan fingerprint density at radius 1 is 1.22 bits per heavy atom. The number of benzene rings is 3. The molecule has 1 aliphatic rings. The van der Waals surface area contributed by atoms with Crippen LogP contribution < -0.4 is 9.47 Å². The van der Waals surface area contributed by atoms with E-state index in [0.717, 1.165) is 14.7 Å². The number of ether oxygens (including phenoxy) is 2. The first-order chi connectivity index (χ1) is 17.8. The first kappa shape index (κ1) is 26.2. The molecule has 1 saturated heterocycles. The Balaban J connectivity index is 1.58. The number of hydrogen-bond donors (Lipinski definition) is 1. The zero-order valence-corrected chi connectivity index (χ0v) is 22.7. The summed E-state index contributed by atoms with van der Waals surface area (Å²) in [7, 11) is 3.16. The molecule has 1 fully saturated rings. The Morgan fingerprint density at radius 3 is 2.73 bits per heavy atom. The number of aliphatic imine (C=N–C) groups is 1. The van der Waals surface area contributed by atoms with E-state index < -0.39 is 5.97 Å². The molecule has 0 aromatic heterocycles. The number of halogens is 1. The first-order valence-electron chi connectivity index (χ1n) is 10.9. The second-order valence-electron chi connectivity index (χ2n) is 7.82. The summed E-state index contributed by atoms with van der Waals surface area (Å²) in [4.78, 5) is 30.5. The van der Waals surface area contributed by atoms with Crippen molar-refractivity contribution in [2.45, 2.75) is 6.61 Å². The average molecular weight is 625 g/mol. The van der Waals surface area contributed by atoms with Crippen LogP contribution in [-0.2, 0) is 11.4 Å². The number of methoxy groups -OCH3 is 1. The van der Waals surface area contributed by atoms with Gasteiger partial charge in [0, 0.05) is 12.6 Å². The molecular formula is C27H20IN3O5S. The number of amidine groups is 1. The topological polar surface area (TPSA) is 112 Å². The number of carbonyl (C=O) groups excluding carboxylic acids is 1. The Morgan fingerprint density at radius 2 is 2.00 bits per heavy atom. The number of thioether (sulfide) groups is 1. The van der Waals surface area contributed by atoms with Crippen LogP contribution in [0, 0.1) is 14.9 Å². The lowest BCUT2D eigenvalue weighted by Crippen LogP contribution is -2.23. The fraction of sp³-hybridized carbons (Fsp3) is 0.111. The molecule has 0 bridgehead atoms. The predicted octanol–water partition coefficient (Wildman–Crippen LogP) is 5.68. The summed E-state index contributed by atoms with van der Waals surface area (Å²) < 4.78 is 12.4. The van der Waals surface area contributed by atoms with Crippen LogP contribution in [0.4, 0.5) is 5.69 Å². The van der Waals surface area contributed by atoms with Gasteiger partial charge in [-0.2, -0.15) is 5.26 Å². The van der Waals surface area contributed by atoms with Crippen LogP contribution in [-0.4, -0.2) is 41.2 Å². The van der Waals surface area contributed by atoms with Gasteiger partial charge >= 0.3 is 5.97 Å². The molecule has 0 unspecified atom stereocenters. The summed E-state index contributed by atoms with van der Waals surface area (Å²) in [5, 5.41) is 19.0. The molecule has 0 radical (unpaired) electrons. The van der Waals surface area contributed by atoms with E-state index in [9.17, 15) is 20.0 Å². The summed E-state index contributed by atoms with van der Waals surface area (Å²) in [6.45, 7) is 0.207. The standard InChI is InChI=1S/C27H20IN3O5S/c1-31-25(32)23(37-27(31)30-20-9-5-8-17(13-20)26(33)34)12-16-10-21(28)24(22(11-16)35-2)36-15-19-7-4-3-6-18(19)14-29/h3-13H,15H2,1-2H3,(H,33,34)/b23-12+,30-27?. The molecule has 0 atom stereocenters. The number of carbonyl (C=O) groups is 2.